The second kappa shape index (κ2) is 8.57. The number of hydrogen-bond donors (Lipinski definition) is 3. The molecular weight excluding hydrogens is 461 g/mol. The maximum atomic E-state index is 13.2. The van der Waals surface area contributed by atoms with E-state index in [0.717, 1.165) is 28.9 Å². The lowest BCUT2D eigenvalue weighted by molar-refractivity contribution is 0.0700. The molecule has 1 amide bonds. The zero-order valence-electron chi connectivity index (χ0n) is 19.4. The molecule has 1 heterocycles. The van der Waals surface area contributed by atoms with Gasteiger partial charge in [-0.15, -0.1) is 0 Å². The summed E-state index contributed by atoms with van der Waals surface area (Å²) in [5.41, 5.74) is 2.80. The molecule has 4 rings (SSSR count). The predicted molar refractivity (Wildman–Crippen MR) is 123 cm³/mol. The highest BCUT2D eigenvalue weighted by Crippen LogP contribution is 2.45. The summed E-state index contributed by atoms with van der Waals surface area (Å²) in [6, 6.07) is 3.72. The van der Waals surface area contributed by atoms with Gasteiger partial charge in [0.05, 0.1) is 18.3 Å². The van der Waals surface area contributed by atoms with Crippen LogP contribution in [-0.2, 0) is 16.4 Å². The Kier molecular flexibility index (Phi) is 6.19. The standard InChI is InChI=1S/C24H28NO8P/c1-13-17-19(27)20(28)18-14-5-4-8-24(2,3)16(14)7-6-15(18)22(17)33-21(13)23(29)25(9-11-26)10-12-34(30,31)32/h6-7,26H,4-5,8-12H2,1-3H3,(H2,30,31,32). The number of fused-ring (bicyclic) bond motifs is 5. The molecule has 0 saturated heterocycles. The van der Waals surface area contributed by atoms with Gasteiger partial charge in [0.2, 0.25) is 11.6 Å². The summed E-state index contributed by atoms with van der Waals surface area (Å²) in [6.07, 6.45) is 1.95. The first-order valence-electron chi connectivity index (χ1n) is 11.2. The fourth-order valence-electron chi connectivity index (χ4n) is 5.07. The topological polar surface area (TPSA) is 145 Å². The number of nitrogens with zero attached hydrogens (tertiary/aromatic N) is 1. The van der Waals surface area contributed by atoms with Crippen LogP contribution in [0.25, 0.3) is 11.3 Å². The maximum absolute atomic E-state index is 13.2. The molecule has 0 bridgehead atoms. The number of aliphatic hydroxyl groups is 1. The highest BCUT2D eigenvalue weighted by atomic mass is 31.2. The predicted octanol–water partition coefficient (Wildman–Crippen LogP) is 2.86. The second-order valence-corrected chi connectivity index (χ2v) is 11.4. The Bertz CT molecular complexity index is 1250. The number of aliphatic hydroxyl groups excluding tert-OH is 1. The number of Topliss-reactive ketones (excluding diaryl/α,β-unsaturated/α-hetero) is 2. The monoisotopic (exact) mass is 489 g/mol. The second-order valence-electron chi connectivity index (χ2n) is 9.57. The van der Waals surface area contributed by atoms with Gasteiger partial charge in [-0.3, -0.25) is 18.9 Å². The van der Waals surface area contributed by atoms with Gasteiger partial charge in [0.25, 0.3) is 5.91 Å². The van der Waals surface area contributed by atoms with Crippen LogP contribution in [0.2, 0.25) is 0 Å². The van der Waals surface area contributed by atoms with Gasteiger partial charge in [-0.2, -0.15) is 0 Å². The summed E-state index contributed by atoms with van der Waals surface area (Å²) >= 11 is 0. The minimum absolute atomic E-state index is 0.0369. The first-order valence-corrected chi connectivity index (χ1v) is 13.0. The van der Waals surface area contributed by atoms with Crippen molar-refractivity contribution in [3.05, 3.63) is 45.7 Å². The zero-order valence-corrected chi connectivity index (χ0v) is 20.3. The summed E-state index contributed by atoms with van der Waals surface area (Å²) < 4.78 is 17.2. The van der Waals surface area contributed by atoms with Crippen molar-refractivity contribution in [3.63, 3.8) is 0 Å². The normalized spacial score (nSPS) is 16.6. The zero-order chi connectivity index (χ0) is 25.0. The smallest absolute Gasteiger partial charge is 0.327 e. The molecule has 0 spiro atoms. The van der Waals surface area contributed by atoms with Crippen LogP contribution in [-0.4, -0.2) is 63.1 Å². The van der Waals surface area contributed by atoms with E-state index in [4.69, 9.17) is 4.42 Å². The fourth-order valence-corrected chi connectivity index (χ4v) is 5.57. The lowest BCUT2D eigenvalue weighted by Crippen LogP contribution is -2.36. The molecule has 1 aromatic heterocycles. The molecule has 34 heavy (non-hydrogen) atoms. The molecular formula is C24H28NO8P. The molecule has 9 nitrogen and oxygen atoms in total. The van der Waals surface area contributed by atoms with Crippen LogP contribution >= 0.6 is 7.60 Å². The number of ketones is 2. The van der Waals surface area contributed by atoms with E-state index in [1.165, 1.54) is 6.92 Å². The van der Waals surface area contributed by atoms with E-state index in [1.54, 1.807) is 6.07 Å². The van der Waals surface area contributed by atoms with E-state index in [0.29, 0.717) is 17.5 Å². The van der Waals surface area contributed by atoms with Gasteiger partial charge in [0, 0.05) is 29.8 Å². The number of furan rings is 1. The molecule has 3 N–H and O–H groups in total. The third-order valence-electron chi connectivity index (χ3n) is 6.83. The first kappa shape index (κ1) is 24.5. The van der Waals surface area contributed by atoms with Crippen molar-refractivity contribution < 1.29 is 38.3 Å². The van der Waals surface area contributed by atoms with Crippen LogP contribution in [0.3, 0.4) is 0 Å². The molecule has 2 aliphatic carbocycles. The van der Waals surface area contributed by atoms with E-state index < -0.39 is 37.8 Å². The van der Waals surface area contributed by atoms with Gasteiger partial charge in [-0.05, 0) is 42.7 Å². The van der Waals surface area contributed by atoms with Crippen molar-refractivity contribution in [2.75, 3.05) is 25.9 Å². The van der Waals surface area contributed by atoms with E-state index in [9.17, 15) is 33.8 Å². The molecule has 0 saturated carbocycles. The largest absolute Gasteiger partial charge is 0.450 e. The van der Waals surface area contributed by atoms with Gasteiger partial charge >= 0.3 is 7.60 Å². The third kappa shape index (κ3) is 4.07. The minimum Gasteiger partial charge on any atom is -0.450 e. The van der Waals surface area contributed by atoms with E-state index >= 15 is 0 Å². The lowest BCUT2D eigenvalue weighted by atomic mass is 9.69. The molecule has 0 fully saturated rings. The summed E-state index contributed by atoms with van der Waals surface area (Å²) in [4.78, 5) is 59.0. The maximum Gasteiger partial charge on any atom is 0.327 e. The number of carbonyl (C=O) groups is 3. The Morgan fingerprint density at radius 3 is 2.47 bits per heavy atom. The van der Waals surface area contributed by atoms with Crippen molar-refractivity contribution in [1.29, 1.82) is 0 Å². The highest BCUT2D eigenvalue weighted by molar-refractivity contribution is 7.51. The molecule has 182 valence electrons. The van der Waals surface area contributed by atoms with Crippen LogP contribution in [0.1, 0.15) is 74.7 Å². The molecule has 2 aliphatic rings. The molecule has 2 aromatic rings. The average Bonchev–Trinajstić information content (AvgIpc) is 3.10. The number of amides is 1. The van der Waals surface area contributed by atoms with Crippen molar-refractivity contribution in [2.45, 2.75) is 45.4 Å². The summed E-state index contributed by atoms with van der Waals surface area (Å²) in [5.74, 6) is -2.09. The van der Waals surface area contributed by atoms with Crippen LogP contribution in [0.4, 0.5) is 0 Å². The van der Waals surface area contributed by atoms with Crippen LogP contribution in [0, 0.1) is 6.92 Å². The number of hydrogen-bond acceptors (Lipinski definition) is 6. The van der Waals surface area contributed by atoms with Crippen molar-refractivity contribution in [1.82, 2.24) is 4.90 Å². The SMILES string of the molecule is Cc1c(C(=O)N(CCO)CCP(=O)(O)O)oc2c1C(=O)C(=O)c1c-2ccc2c1CCCC2(C)C. The Hall–Kier alpha value is -2.58. The summed E-state index contributed by atoms with van der Waals surface area (Å²) in [5, 5.41) is 9.34. The van der Waals surface area contributed by atoms with E-state index in [2.05, 4.69) is 13.8 Å². The van der Waals surface area contributed by atoms with Gasteiger partial charge in [-0.25, -0.2) is 0 Å². The van der Waals surface area contributed by atoms with Crippen molar-refractivity contribution >= 4 is 25.1 Å². The van der Waals surface area contributed by atoms with Crippen molar-refractivity contribution in [2.24, 2.45) is 0 Å². The Labute approximate surface area is 196 Å². The first-order chi connectivity index (χ1) is 15.9. The number of rotatable bonds is 6. The number of benzene rings is 1. The van der Waals surface area contributed by atoms with Gasteiger partial charge < -0.3 is 24.2 Å². The lowest BCUT2D eigenvalue weighted by Gasteiger charge is -2.34. The Morgan fingerprint density at radius 1 is 1.15 bits per heavy atom. The molecule has 10 heteroatoms. The molecule has 0 aliphatic heterocycles. The number of carbonyl (C=O) groups excluding carboxylic acids is 3. The van der Waals surface area contributed by atoms with Crippen LogP contribution in [0.5, 0.6) is 0 Å². The van der Waals surface area contributed by atoms with Crippen LogP contribution in [0.15, 0.2) is 16.5 Å². The summed E-state index contributed by atoms with van der Waals surface area (Å²) in [7, 11) is -4.38. The van der Waals surface area contributed by atoms with Crippen molar-refractivity contribution in [3.8, 4) is 11.3 Å². The summed E-state index contributed by atoms with van der Waals surface area (Å²) in [6.45, 7) is 4.83. The quantitative estimate of drug-likeness (QED) is 0.415. The van der Waals surface area contributed by atoms with Gasteiger partial charge in [-0.1, -0.05) is 26.0 Å². The average molecular weight is 489 g/mol. The Balaban J connectivity index is 1.82. The Morgan fingerprint density at radius 2 is 1.82 bits per heavy atom. The minimum atomic E-state index is -4.38. The molecule has 1 aromatic carbocycles. The third-order valence-corrected chi connectivity index (χ3v) is 7.62. The van der Waals surface area contributed by atoms with E-state index in [1.807, 2.05) is 6.07 Å². The fraction of sp³-hybridized carbons (Fsp3) is 0.458. The van der Waals surface area contributed by atoms with Gasteiger partial charge in [0.1, 0.15) is 5.76 Å². The van der Waals surface area contributed by atoms with Gasteiger partial charge in [0.15, 0.2) is 5.76 Å². The molecule has 0 radical (unpaired) electrons. The highest BCUT2D eigenvalue weighted by Gasteiger charge is 2.41. The molecule has 0 unspecified atom stereocenters. The molecule has 0 atom stereocenters. The van der Waals surface area contributed by atoms with E-state index in [-0.39, 0.29) is 41.2 Å². The van der Waals surface area contributed by atoms with Crippen LogP contribution < -0.4 is 0 Å².